The number of allylic oxidation sites excluding steroid dienone is 1. The number of carbonyl (C=O) groups is 1. The average Bonchev–Trinajstić information content (AvgIpc) is 3.25. The maximum absolute atomic E-state index is 14.0. The molecule has 0 aromatic heterocycles. The summed E-state index contributed by atoms with van der Waals surface area (Å²) in [5.41, 5.74) is 5.48. The highest BCUT2D eigenvalue weighted by atomic mass is 19.3. The highest BCUT2D eigenvalue weighted by molar-refractivity contribution is 5.91. The molecule has 1 atom stereocenters. The van der Waals surface area contributed by atoms with Gasteiger partial charge < -0.3 is 9.84 Å². The summed E-state index contributed by atoms with van der Waals surface area (Å²) in [6, 6.07) is 13.3. The number of aryl methyl sites for hydroxylation is 1. The lowest BCUT2D eigenvalue weighted by molar-refractivity contribution is -0.0423. The van der Waals surface area contributed by atoms with Crippen molar-refractivity contribution < 1.29 is 27.8 Å². The molecular weight excluding hydrogens is 491 g/mol. The molecule has 1 N–H and O–H groups in total. The highest BCUT2D eigenvalue weighted by Crippen LogP contribution is 2.46. The van der Waals surface area contributed by atoms with Crippen LogP contribution in [0.15, 0.2) is 48.0 Å². The second kappa shape index (κ2) is 11.5. The Labute approximate surface area is 222 Å². The van der Waals surface area contributed by atoms with Crippen molar-refractivity contribution in [2.24, 2.45) is 5.92 Å². The molecule has 0 spiro atoms. The van der Waals surface area contributed by atoms with E-state index in [9.17, 15) is 23.1 Å². The topological polar surface area (TPSA) is 49.8 Å². The number of ether oxygens (including phenoxy) is 1. The Morgan fingerprint density at radius 3 is 2.66 bits per heavy atom. The summed E-state index contributed by atoms with van der Waals surface area (Å²) in [5.74, 6) is -2.71. The molecule has 5 rings (SSSR count). The van der Waals surface area contributed by atoms with Gasteiger partial charge in [0.2, 0.25) is 5.92 Å². The number of carboxylic acid groups (broad SMARTS) is 1. The van der Waals surface area contributed by atoms with Crippen molar-refractivity contribution in [3.05, 3.63) is 70.3 Å². The number of benzene rings is 2. The van der Waals surface area contributed by atoms with Crippen molar-refractivity contribution in [3.63, 3.8) is 0 Å². The van der Waals surface area contributed by atoms with Crippen LogP contribution in [0, 0.1) is 5.92 Å². The molecule has 1 saturated carbocycles. The van der Waals surface area contributed by atoms with E-state index in [2.05, 4.69) is 4.90 Å². The van der Waals surface area contributed by atoms with Crippen LogP contribution in [0.1, 0.15) is 78.4 Å². The molecule has 1 aliphatic heterocycles. The third kappa shape index (κ3) is 6.09. The van der Waals surface area contributed by atoms with Gasteiger partial charge in [0.15, 0.2) is 0 Å². The number of alkyl halides is 3. The van der Waals surface area contributed by atoms with Crippen molar-refractivity contribution >= 4 is 11.5 Å². The van der Waals surface area contributed by atoms with E-state index < -0.39 is 11.9 Å². The van der Waals surface area contributed by atoms with Crippen LogP contribution in [0.3, 0.4) is 0 Å². The summed E-state index contributed by atoms with van der Waals surface area (Å²) in [4.78, 5) is 13.9. The van der Waals surface area contributed by atoms with Crippen molar-refractivity contribution in [3.8, 4) is 5.75 Å². The van der Waals surface area contributed by atoms with Gasteiger partial charge >= 0.3 is 5.97 Å². The quantitative estimate of drug-likeness (QED) is 0.396. The fraction of sp³-hybridized carbons (Fsp3) is 0.516. The first kappa shape index (κ1) is 26.8. The van der Waals surface area contributed by atoms with Crippen LogP contribution in [0.25, 0.3) is 5.57 Å². The van der Waals surface area contributed by atoms with Crippen LogP contribution in [0.4, 0.5) is 13.2 Å². The number of likely N-dealkylation sites (tertiary alicyclic amines) is 1. The van der Waals surface area contributed by atoms with Gasteiger partial charge in [-0.05, 0) is 97.4 Å². The first-order valence-electron chi connectivity index (χ1n) is 13.9. The first-order chi connectivity index (χ1) is 18.3. The van der Waals surface area contributed by atoms with E-state index in [1.807, 2.05) is 30.3 Å². The minimum Gasteiger partial charge on any atom is -0.489 e. The Balaban J connectivity index is 1.49. The lowest BCUT2D eigenvalue weighted by atomic mass is 9.77. The van der Waals surface area contributed by atoms with Gasteiger partial charge in [-0.15, -0.1) is 0 Å². The molecule has 1 unspecified atom stereocenters. The summed E-state index contributed by atoms with van der Waals surface area (Å²) in [5, 5.41) is 9.56. The Kier molecular flexibility index (Phi) is 8.12. The van der Waals surface area contributed by atoms with Crippen LogP contribution in [-0.4, -0.2) is 54.3 Å². The van der Waals surface area contributed by atoms with Crippen LogP contribution in [0.5, 0.6) is 5.75 Å². The molecule has 2 aromatic carbocycles. The van der Waals surface area contributed by atoms with Gasteiger partial charge in [-0.25, -0.2) is 13.6 Å². The molecule has 3 aliphatic rings. The van der Waals surface area contributed by atoms with E-state index in [1.54, 1.807) is 12.1 Å². The third-order valence-corrected chi connectivity index (χ3v) is 8.31. The predicted octanol–water partition coefficient (Wildman–Crippen LogP) is 7.16. The number of rotatable bonds is 8. The predicted molar refractivity (Wildman–Crippen MR) is 142 cm³/mol. The Morgan fingerprint density at radius 2 is 1.89 bits per heavy atom. The number of hydrogen-bond donors (Lipinski definition) is 1. The Hall–Kier alpha value is -2.80. The molecule has 0 bridgehead atoms. The summed E-state index contributed by atoms with van der Waals surface area (Å²) in [7, 11) is 0. The van der Waals surface area contributed by atoms with E-state index in [1.165, 1.54) is 5.57 Å². The average molecular weight is 528 g/mol. The molecule has 204 valence electrons. The fourth-order valence-electron chi connectivity index (χ4n) is 6.38. The lowest BCUT2D eigenvalue weighted by Gasteiger charge is -2.31. The Morgan fingerprint density at radius 1 is 1.08 bits per heavy atom. The van der Waals surface area contributed by atoms with E-state index in [0.717, 1.165) is 73.3 Å². The summed E-state index contributed by atoms with van der Waals surface area (Å²) < 4.78 is 47.0. The van der Waals surface area contributed by atoms with Crippen LogP contribution < -0.4 is 4.74 Å². The van der Waals surface area contributed by atoms with Gasteiger partial charge in [0.25, 0.3) is 0 Å². The second-order valence-corrected chi connectivity index (χ2v) is 11.0. The SMILES string of the molecule is O=C(O)c1ccc2c(c1)CCCC(C1CCC(F)(F)CC1)=C2c1cccc(OC2CCN(CCCF)C2)c1. The maximum atomic E-state index is 14.0. The van der Waals surface area contributed by atoms with Crippen molar-refractivity contribution in [2.75, 3.05) is 26.3 Å². The van der Waals surface area contributed by atoms with Crippen LogP contribution >= 0.6 is 0 Å². The third-order valence-electron chi connectivity index (χ3n) is 8.31. The van der Waals surface area contributed by atoms with Gasteiger partial charge in [-0.2, -0.15) is 0 Å². The zero-order valence-corrected chi connectivity index (χ0v) is 21.7. The molecule has 2 aromatic rings. The Bertz CT molecular complexity index is 1180. The van der Waals surface area contributed by atoms with E-state index >= 15 is 0 Å². The van der Waals surface area contributed by atoms with E-state index in [0.29, 0.717) is 19.3 Å². The smallest absolute Gasteiger partial charge is 0.335 e. The summed E-state index contributed by atoms with van der Waals surface area (Å²) >= 11 is 0. The van der Waals surface area contributed by atoms with E-state index in [-0.39, 0.29) is 37.1 Å². The van der Waals surface area contributed by atoms with Gasteiger partial charge in [0.05, 0.1) is 12.2 Å². The number of halogens is 3. The standard InChI is InChI=1S/C31H36F3NO3/c32-15-3-16-35-17-12-26(20-35)38-25-6-1-5-23(19-25)29-27(21-10-13-31(33,34)14-11-21)7-2-4-22-18-24(30(36)37)8-9-28(22)29/h1,5-6,8-9,18-19,21,26H,2-4,7,10-17,20H2,(H,36,37). The van der Waals surface area contributed by atoms with Gasteiger partial charge in [-0.3, -0.25) is 9.29 Å². The summed E-state index contributed by atoms with van der Waals surface area (Å²) in [6.07, 6.45) is 4.61. The zero-order valence-electron chi connectivity index (χ0n) is 21.7. The molecule has 38 heavy (non-hydrogen) atoms. The maximum Gasteiger partial charge on any atom is 0.335 e. The second-order valence-electron chi connectivity index (χ2n) is 11.0. The normalized spacial score (nSPS) is 22.2. The minimum atomic E-state index is -2.59. The lowest BCUT2D eigenvalue weighted by Crippen LogP contribution is -2.26. The van der Waals surface area contributed by atoms with Gasteiger partial charge in [0, 0.05) is 32.5 Å². The highest BCUT2D eigenvalue weighted by Gasteiger charge is 2.37. The molecule has 4 nitrogen and oxygen atoms in total. The van der Waals surface area contributed by atoms with E-state index in [4.69, 9.17) is 4.74 Å². The molecule has 0 amide bonds. The van der Waals surface area contributed by atoms with Crippen LogP contribution in [-0.2, 0) is 6.42 Å². The minimum absolute atomic E-state index is 0.0402. The van der Waals surface area contributed by atoms with Crippen LogP contribution in [0.2, 0.25) is 0 Å². The number of hydrogen-bond acceptors (Lipinski definition) is 3. The molecule has 2 fully saturated rings. The van der Waals surface area contributed by atoms with Crippen molar-refractivity contribution in [2.45, 2.75) is 69.8 Å². The number of carboxylic acids is 1. The number of fused-ring (bicyclic) bond motifs is 1. The van der Waals surface area contributed by atoms with Crippen molar-refractivity contribution in [1.82, 2.24) is 4.90 Å². The van der Waals surface area contributed by atoms with Crippen molar-refractivity contribution in [1.29, 1.82) is 0 Å². The number of nitrogens with zero attached hydrogens (tertiary/aromatic N) is 1. The summed E-state index contributed by atoms with van der Waals surface area (Å²) in [6.45, 7) is 2.10. The molecule has 1 saturated heterocycles. The molecule has 1 heterocycles. The van der Waals surface area contributed by atoms with Gasteiger partial charge in [-0.1, -0.05) is 23.8 Å². The largest absolute Gasteiger partial charge is 0.489 e. The zero-order chi connectivity index (χ0) is 26.7. The fourth-order valence-corrected chi connectivity index (χ4v) is 6.38. The molecule has 2 aliphatic carbocycles. The first-order valence-corrected chi connectivity index (χ1v) is 13.9. The van der Waals surface area contributed by atoms with Gasteiger partial charge in [0.1, 0.15) is 11.9 Å². The molecule has 7 heteroatoms. The molecule has 0 radical (unpaired) electrons. The number of aromatic carboxylic acids is 1. The molecular formula is C31H36F3NO3. The monoisotopic (exact) mass is 527 g/mol.